The fourth-order valence-electron chi connectivity index (χ4n) is 2.19. The van der Waals surface area contributed by atoms with E-state index in [1.165, 1.54) is 5.56 Å². The second-order valence-electron chi connectivity index (χ2n) is 4.56. The topological polar surface area (TPSA) is 48.7 Å². The fourth-order valence-corrected chi connectivity index (χ4v) is 2.19. The third kappa shape index (κ3) is 2.14. The molecule has 0 atom stereocenters. The quantitative estimate of drug-likeness (QED) is 0.891. The minimum absolute atomic E-state index is 0.612. The average Bonchev–Trinajstić information content (AvgIpc) is 2.35. The average molecular weight is 239 g/mol. The molecule has 1 heterocycles. The number of anilines is 1. The Morgan fingerprint density at radius 1 is 1.33 bits per heavy atom. The van der Waals surface area contributed by atoms with Crippen LogP contribution in [0.15, 0.2) is 18.3 Å². The zero-order valence-electron chi connectivity index (χ0n) is 11.0. The van der Waals surface area contributed by atoms with E-state index >= 15 is 0 Å². The highest BCUT2D eigenvalue weighted by Gasteiger charge is 2.10. The number of nitrogens with one attached hydrogen (secondary N) is 1. The molecule has 0 spiro atoms. The van der Waals surface area contributed by atoms with E-state index in [9.17, 15) is 5.26 Å². The number of hydrogen-bond acceptors (Lipinski definition) is 3. The highest BCUT2D eigenvalue weighted by atomic mass is 14.9. The lowest BCUT2D eigenvalue weighted by molar-refractivity contribution is 0.980. The third-order valence-electron chi connectivity index (χ3n) is 2.98. The standard InChI is InChI=1S/C15H17N3/c1-4-5-17-15-12(8-16)9-18-14-11(3)6-10(2)7-13(14)15/h6-7,9H,4-5H2,1-3H3,(H,17,18). The summed E-state index contributed by atoms with van der Waals surface area (Å²) in [6.45, 7) is 7.09. The summed E-state index contributed by atoms with van der Waals surface area (Å²) in [6.07, 6.45) is 2.68. The van der Waals surface area contributed by atoms with Gasteiger partial charge in [0.05, 0.1) is 16.8 Å². The molecule has 18 heavy (non-hydrogen) atoms. The normalized spacial score (nSPS) is 10.3. The van der Waals surface area contributed by atoms with Gasteiger partial charge in [-0.25, -0.2) is 0 Å². The van der Waals surface area contributed by atoms with Gasteiger partial charge in [-0.15, -0.1) is 0 Å². The van der Waals surface area contributed by atoms with Crippen LogP contribution in [0.4, 0.5) is 5.69 Å². The van der Waals surface area contributed by atoms with Crippen LogP contribution in [-0.2, 0) is 0 Å². The predicted octanol–water partition coefficient (Wildman–Crippen LogP) is 3.55. The van der Waals surface area contributed by atoms with E-state index in [2.05, 4.69) is 49.3 Å². The maximum atomic E-state index is 9.19. The second-order valence-corrected chi connectivity index (χ2v) is 4.56. The van der Waals surface area contributed by atoms with Crippen molar-refractivity contribution in [3.8, 4) is 6.07 Å². The number of nitriles is 1. The molecule has 0 unspecified atom stereocenters. The van der Waals surface area contributed by atoms with Crippen molar-refractivity contribution in [3.63, 3.8) is 0 Å². The van der Waals surface area contributed by atoms with Crippen LogP contribution in [-0.4, -0.2) is 11.5 Å². The van der Waals surface area contributed by atoms with Crippen LogP contribution >= 0.6 is 0 Å². The van der Waals surface area contributed by atoms with Crippen molar-refractivity contribution in [3.05, 3.63) is 35.0 Å². The maximum absolute atomic E-state index is 9.19. The molecule has 3 nitrogen and oxygen atoms in total. The van der Waals surface area contributed by atoms with Crippen molar-refractivity contribution in [1.29, 1.82) is 5.26 Å². The Bertz CT molecular complexity index is 624. The SMILES string of the molecule is CCCNc1c(C#N)cnc2c(C)cc(C)cc12. The third-order valence-corrected chi connectivity index (χ3v) is 2.98. The van der Waals surface area contributed by atoms with Crippen molar-refractivity contribution in [2.24, 2.45) is 0 Å². The van der Waals surface area contributed by atoms with Gasteiger partial charge >= 0.3 is 0 Å². The molecule has 0 bridgehead atoms. The van der Waals surface area contributed by atoms with Crippen LogP contribution in [0.3, 0.4) is 0 Å². The number of hydrogen-bond donors (Lipinski definition) is 1. The molecule has 0 aliphatic heterocycles. The minimum atomic E-state index is 0.612. The van der Waals surface area contributed by atoms with Crippen LogP contribution in [0.5, 0.6) is 0 Å². The van der Waals surface area contributed by atoms with Gasteiger partial charge in [0.1, 0.15) is 6.07 Å². The molecule has 3 heteroatoms. The van der Waals surface area contributed by atoms with Gasteiger partial charge in [0.25, 0.3) is 0 Å². The van der Waals surface area contributed by atoms with Crippen LogP contribution in [0.25, 0.3) is 10.9 Å². The van der Waals surface area contributed by atoms with Gasteiger partial charge in [-0.05, 0) is 31.9 Å². The summed E-state index contributed by atoms with van der Waals surface area (Å²) >= 11 is 0. The maximum Gasteiger partial charge on any atom is 0.103 e. The lowest BCUT2D eigenvalue weighted by Gasteiger charge is -2.12. The smallest absolute Gasteiger partial charge is 0.103 e. The van der Waals surface area contributed by atoms with Crippen LogP contribution in [0.1, 0.15) is 30.0 Å². The summed E-state index contributed by atoms with van der Waals surface area (Å²) in [6, 6.07) is 6.42. The largest absolute Gasteiger partial charge is 0.383 e. The molecule has 0 saturated heterocycles. The Morgan fingerprint density at radius 2 is 2.11 bits per heavy atom. The van der Waals surface area contributed by atoms with E-state index in [0.717, 1.165) is 35.1 Å². The van der Waals surface area contributed by atoms with Gasteiger partial charge in [0, 0.05) is 18.1 Å². The molecule has 92 valence electrons. The molecule has 0 amide bonds. The number of fused-ring (bicyclic) bond motifs is 1. The Morgan fingerprint density at radius 3 is 2.78 bits per heavy atom. The Labute approximate surface area is 107 Å². The van der Waals surface area contributed by atoms with Crippen LogP contribution in [0, 0.1) is 25.2 Å². The molecular formula is C15H17N3. The summed E-state index contributed by atoms with van der Waals surface area (Å²) in [5.74, 6) is 0. The van der Waals surface area contributed by atoms with E-state index in [1.54, 1.807) is 6.20 Å². The minimum Gasteiger partial charge on any atom is -0.383 e. The van der Waals surface area contributed by atoms with Gasteiger partial charge < -0.3 is 5.32 Å². The summed E-state index contributed by atoms with van der Waals surface area (Å²) in [4.78, 5) is 4.40. The highest BCUT2D eigenvalue weighted by molar-refractivity contribution is 5.96. The monoisotopic (exact) mass is 239 g/mol. The molecule has 2 rings (SSSR count). The van der Waals surface area contributed by atoms with Crippen LogP contribution < -0.4 is 5.32 Å². The summed E-state index contributed by atoms with van der Waals surface area (Å²) in [5, 5.41) is 13.6. The molecule has 0 aliphatic rings. The molecular weight excluding hydrogens is 222 g/mol. The second kappa shape index (κ2) is 5.05. The van der Waals surface area contributed by atoms with Crippen molar-refractivity contribution in [2.45, 2.75) is 27.2 Å². The van der Waals surface area contributed by atoms with Crippen molar-refractivity contribution < 1.29 is 0 Å². The molecule has 1 N–H and O–H groups in total. The molecule has 1 aromatic carbocycles. The van der Waals surface area contributed by atoms with Gasteiger partial charge in [-0.1, -0.05) is 18.6 Å². The number of nitrogens with zero attached hydrogens (tertiary/aromatic N) is 2. The highest BCUT2D eigenvalue weighted by Crippen LogP contribution is 2.28. The number of aryl methyl sites for hydroxylation is 2. The Balaban J connectivity index is 2.72. The first-order chi connectivity index (χ1) is 8.67. The first-order valence-corrected chi connectivity index (χ1v) is 6.21. The zero-order chi connectivity index (χ0) is 13.1. The number of rotatable bonds is 3. The number of aromatic nitrogens is 1. The van der Waals surface area contributed by atoms with Crippen molar-refractivity contribution in [1.82, 2.24) is 4.98 Å². The van der Waals surface area contributed by atoms with Gasteiger partial charge in [0.15, 0.2) is 0 Å². The zero-order valence-corrected chi connectivity index (χ0v) is 11.0. The molecule has 0 radical (unpaired) electrons. The predicted molar refractivity (Wildman–Crippen MR) is 74.7 cm³/mol. The Hall–Kier alpha value is -2.08. The Kier molecular flexibility index (Phi) is 3.47. The lowest BCUT2D eigenvalue weighted by Crippen LogP contribution is -2.04. The lowest BCUT2D eigenvalue weighted by atomic mass is 10.0. The van der Waals surface area contributed by atoms with E-state index in [0.29, 0.717) is 5.56 Å². The van der Waals surface area contributed by atoms with Crippen molar-refractivity contribution >= 4 is 16.6 Å². The van der Waals surface area contributed by atoms with E-state index in [4.69, 9.17) is 0 Å². The number of benzene rings is 1. The first-order valence-electron chi connectivity index (χ1n) is 6.21. The van der Waals surface area contributed by atoms with E-state index in [-0.39, 0.29) is 0 Å². The summed E-state index contributed by atoms with van der Waals surface area (Å²) in [7, 11) is 0. The number of pyridine rings is 1. The summed E-state index contributed by atoms with van der Waals surface area (Å²) < 4.78 is 0. The van der Waals surface area contributed by atoms with Crippen LogP contribution in [0.2, 0.25) is 0 Å². The fraction of sp³-hybridized carbons (Fsp3) is 0.333. The van der Waals surface area contributed by atoms with Gasteiger partial charge in [0.2, 0.25) is 0 Å². The molecule has 0 fully saturated rings. The van der Waals surface area contributed by atoms with Gasteiger partial charge in [-0.3, -0.25) is 4.98 Å². The van der Waals surface area contributed by atoms with E-state index < -0.39 is 0 Å². The van der Waals surface area contributed by atoms with Gasteiger partial charge in [-0.2, -0.15) is 5.26 Å². The molecule has 1 aromatic heterocycles. The van der Waals surface area contributed by atoms with E-state index in [1.807, 2.05) is 0 Å². The summed E-state index contributed by atoms with van der Waals surface area (Å²) in [5.41, 5.74) is 4.83. The first kappa shape index (κ1) is 12.4. The molecule has 0 saturated carbocycles. The van der Waals surface area contributed by atoms with Crippen molar-refractivity contribution in [2.75, 3.05) is 11.9 Å². The molecule has 0 aliphatic carbocycles. The molecule has 2 aromatic rings.